The molecule has 3 heteroatoms. The smallest absolute Gasteiger partial charge is 0.307 e. The molecular formula is C13H11NO2. The third-order valence-electron chi connectivity index (χ3n) is 2.27. The number of rotatable bonds is 3. The van der Waals surface area contributed by atoms with E-state index in [1.54, 1.807) is 18.3 Å². The number of carboxylic acid groups (broad SMARTS) is 1. The molecule has 2 aromatic rings. The Morgan fingerprint density at radius 2 is 2.12 bits per heavy atom. The number of carbonyl (C=O) groups is 1. The molecule has 1 aromatic carbocycles. The standard InChI is InChI=1S/C13H11NO2/c15-13(16)7-3-6-12-11-5-2-1-4-10(11)8-9-14-12/h1-6,8-9H,7H2,(H,15,16). The van der Waals surface area contributed by atoms with Crippen LogP contribution in [0, 0.1) is 0 Å². The van der Waals surface area contributed by atoms with Gasteiger partial charge < -0.3 is 5.11 Å². The monoisotopic (exact) mass is 213 g/mol. The predicted molar refractivity (Wildman–Crippen MR) is 63.0 cm³/mol. The maximum absolute atomic E-state index is 10.4. The van der Waals surface area contributed by atoms with Crippen molar-refractivity contribution in [1.29, 1.82) is 0 Å². The van der Waals surface area contributed by atoms with Crippen molar-refractivity contribution in [2.45, 2.75) is 6.42 Å². The highest BCUT2D eigenvalue weighted by molar-refractivity contribution is 5.89. The van der Waals surface area contributed by atoms with Crippen LogP contribution >= 0.6 is 0 Å². The maximum atomic E-state index is 10.4. The summed E-state index contributed by atoms with van der Waals surface area (Å²) in [5.74, 6) is -0.837. The minimum absolute atomic E-state index is 0.0188. The molecule has 16 heavy (non-hydrogen) atoms. The Kier molecular flexibility index (Phi) is 2.96. The van der Waals surface area contributed by atoms with Gasteiger partial charge in [-0.05, 0) is 17.5 Å². The van der Waals surface area contributed by atoms with Gasteiger partial charge >= 0.3 is 5.97 Å². The summed E-state index contributed by atoms with van der Waals surface area (Å²) in [7, 11) is 0. The zero-order chi connectivity index (χ0) is 11.4. The lowest BCUT2D eigenvalue weighted by atomic mass is 10.1. The summed E-state index contributed by atoms with van der Waals surface area (Å²) in [6, 6.07) is 9.82. The van der Waals surface area contributed by atoms with Gasteiger partial charge in [0.15, 0.2) is 0 Å². The van der Waals surface area contributed by atoms with Gasteiger partial charge in [0.2, 0.25) is 0 Å². The van der Waals surface area contributed by atoms with Gasteiger partial charge in [-0.25, -0.2) is 0 Å². The topological polar surface area (TPSA) is 50.2 Å². The molecule has 1 N–H and O–H groups in total. The molecular weight excluding hydrogens is 202 g/mol. The Bertz CT molecular complexity index is 541. The zero-order valence-electron chi connectivity index (χ0n) is 8.63. The van der Waals surface area contributed by atoms with E-state index in [2.05, 4.69) is 4.98 Å². The lowest BCUT2D eigenvalue weighted by Gasteiger charge is -2.00. The quantitative estimate of drug-likeness (QED) is 0.852. The van der Waals surface area contributed by atoms with Crippen molar-refractivity contribution in [3.8, 4) is 0 Å². The number of aliphatic carboxylic acids is 1. The molecule has 0 atom stereocenters. The number of hydrogen-bond acceptors (Lipinski definition) is 2. The first-order valence-electron chi connectivity index (χ1n) is 4.99. The number of aromatic nitrogens is 1. The lowest BCUT2D eigenvalue weighted by Crippen LogP contribution is -1.90. The van der Waals surface area contributed by atoms with E-state index in [4.69, 9.17) is 5.11 Å². The Morgan fingerprint density at radius 1 is 1.31 bits per heavy atom. The molecule has 0 aliphatic carbocycles. The van der Waals surface area contributed by atoms with Crippen LogP contribution in [0.4, 0.5) is 0 Å². The summed E-state index contributed by atoms with van der Waals surface area (Å²) in [6.07, 6.45) is 5.10. The van der Waals surface area contributed by atoms with Crippen LogP contribution in [0.3, 0.4) is 0 Å². The van der Waals surface area contributed by atoms with E-state index in [1.807, 2.05) is 30.3 Å². The van der Waals surface area contributed by atoms with Crippen LogP contribution in [0.1, 0.15) is 12.1 Å². The van der Waals surface area contributed by atoms with Crippen LogP contribution in [0.25, 0.3) is 16.8 Å². The van der Waals surface area contributed by atoms with Crippen LogP contribution in [-0.2, 0) is 4.79 Å². The second kappa shape index (κ2) is 4.57. The van der Waals surface area contributed by atoms with Crippen molar-refractivity contribution in [3.63, 3.8) is 0 Å². The third kappa shape index (κ3) is 2.25. The fraction of sp³-hybridized carbons (Fsp3) is 0.0769. The second-order valence-electron chi connectivity index (χ2n) is 3.42. The SMILES string of the molecule is O=C(O)CC=Cc1nccc2ccccc12. The Balaban J connectivity index is 2.37. The summed E-state index contributed by atoms with van der Waals surface area (Å²) in [6.45, 7) is 0. The molecule has 0 unspecified atom stereocenters. The summed E-state index contributed by atoms with van der Waals surface area (Å²) in [5, 5.41) is 10.7. The van der Waals surface area contributed by atoms with Crippen LogP contribution in [0.5, 0.6) is 0 Å². The van der Waals surface area contributed by atoms with Crippen molar-refractivity contribution >= 4 is 22.8 Å². The van der Waals surface area contributed by atoms with Gasteiger partial charge in [-0.3, -0.25) is 9.78 Å². The van der Waals surface area contributed by atoms with Gasteiger partial charge in [-0.1, -0.05) is 30.3 Å². The zero-order valence-corrected chi connectivity index (χ0v) is 8.63. The van der Waals surface area contributed by atoms with E-state index in [-0.39, 0.29) is 6.42 Å². The summed E-state index contributed by atoms with van der Waals surface area (Å²) < 4.78 is 0. The number of benzene rings is 1. The molecule has 0 fully saturated rings. The van der Waals surface area contributed by atoms with Crippen molar-refractivity contribution in [1.82, 2.24) is 4.98 Å². The number of nitrogens with zero attached hydrogens (tertiary/aromatic N) is 1. The van der Waals surface area contributed by atoms with Gasteiger partial charge in [0.1, 0.15) is 0 Å². The molecule has 0 aliphatic rings. The van der Waals surface area contributed by atoms with Gasteiger partial charge in [0.05, 0.1) is 12.1 Å². The average Bonchev–Trinajstić information content (AvgIpc) is 2.29. The molecule has 1 heterocycles. The van der Waals surface area contributed by atoms with Crippen LogP contribution in [0.2, 0.25) is 0 Å². The lowest BCUT2D eigenvalue weighted by molar-refractivity contribution is -0.135. The number of carboxylic acids is 1. The van der Waals surface area contributed by atoms with Gasteiger partial charge in [-0.2, -0.15) is 0 Å². The van der Waals surface area contributed by atoms with Crippen molar-refractivity contribution < 1.29 is 9.90 Å². The molecule has 1 aromatic heterocycles. The van der Waals surface area contributed by atoms with E-state index in [1.165, 1.54) is 0 Å². The molecule has 0 amide bonds. The van der Waals surface area contributed by atoms with Crippen LogP contribution in [-0.4, -0.2) is 16.1 Å². The summed E-state index contributed by atoms with van der Waals surface area (Å²) in [5.41, 5.74) is 0.805. The number of pyridine rings is 1. The highest BCUT2D eigenvalue weighted by Crippen LogP contribution is 2.17. The van der Waals surface area contributed by atoms with Crippen molar-refractivity contribution in [2.24, 2.45) is 0 Å². The molecule has 0 bridgehead atoms. The predicted octanol–water partition coefficient (Wildman–Crippen LogP) is 2.72. The van der Waals surface area contributed by atoms with Crippen LogP contribution in [0.15, 0.2) is 42.6 Å². The number of hydrogen-bond donors (Lipinski definition) is 1. The van der Waals surface area contributed by atoms with Crippen molar-refractivity contribution in [3.05, 3.63) is 48.3 Å². The summed E-state index contributed by atoms with van der Waals surface area (Å²) in [4.78, 5) is 14.6. The summed E-state index contributed by atoms with van der Waals surface area (Å²) >= 11 is 0. The van der Waals surface area contributed by atoms with Crippen molar-refractivity contribution in [2.75, 3.05) is 0 Å². The van der Waals surface area contributed by atoms with Crippen LogP contribution < -0.4 is 0 Å². The molecule has 0 spiro atoms. The Labute approximate surface area is 93.1 Å². The molecule has 80 valence electrons. The average molecular weight is 213 g/mol. The van der Waals surface area contributed by atoms with E-state index >= 15 is 0 Å². The maximum Gasteiger partial charge on any atom is 0.307 e. The minimum Gasteiger partial charge on any atom is -0.481 e. The fourth-order valence-electron chi connectivity index (χ4n) is 1.55. The number of fused-ring (bicyclic) bond motifs is 1. The fourth-order valence-corrected chi connectivity index (χ4v) is 1.55. The Morgan fingerprint density at radius 3 is 2.94 bits per heavy atom. The third-order valence-corrected chi connectivity index (χ3v) is 2.27. The highest BCUT2D eigenvalue weighted by atomic mass is 16.4. The minimum atomic E-state index is -0.837. The molecule has 0 saturated heterocycles. The molecule has 0 aliphatic heterocycles. The van der Waals surface area contributed by atoms with E-state index in [0.29, 0.717) is 0 Å². The first kappa shape index (κ1) is 10.4. The van der Waals surface area contributed by atoms with E-state index in [0.717, 1.165) is 16.5 Å². The molecule has 2 rings (SSSR count). The molecule has 0 saturated carbocycles. The molecule has 3 nitrogen and oxygen atoms in total. The largest absolute Gasteiger partial charge is 0.481 e. The van der Waals surface area contributed by atoms with Gasteiger partial charge in [0.25, 0.3) is 0 Å². The van der Waals surface area contributed by atoms with E-state index in [9.17, 15) is 4.79 Å². The Hall–Kier alpha value is -2.16. The molecule has 0 radical (unpaired) electrons. The highest BCUT2D eigenvalue weighted by Gasteiger charge is 1.98. The van der Waals surface area contributed by atoms with Gasteiger partial charge in [-0.15, -0.1) is 0 Å². The van der Waals surface area contributed by atoms with E-state index < -0.39 is 5.97 Å². The first-order chi connectivity index (χ1) is 7.77. The van der Waals surface area contributed by atoms with Gasteiger partial charge in [0, 0.05) is 11.6 Å². The second-order valence-corrected chi connectivity index (χ2v) is 3.42. The first-order valence-corrected chi connectivity index (χ1v) is 4.99. The normalized spacial score (nSPS) is 11.0.